The van der Waals surface area contributed by atoms with Gasteiger partial charge in [-0.05, 0) is 0 Å². The Labute approximate surface area is 184 Å². The summed E-state index contributed by atoms with van der Waals surface area (Å²) in [5.41, 5.74) is 0. The van der Waals surface area contributed by atoms with Gasteiger partial charge in [-0.25, -0.2) is 0 Å². The van der Waals surface area contributed by atoms with Crippen LogP contribution < -0.4 is 0 Å². The second kappa shape index (κ2) is 21.6. The topological polar surface area (TPSA) is 49.7 Å². The van der Waals surface area contributed by atoms with E-state index in [4.69, 9.17) is 4.44 Å². The Balaban J connectivity index is 4.57. The van der Waals surface area contributed by atoms with Gasteiger partial charge in [-0.15, -0.1) is 0 Å². The molecule has 2 N–H and O–H groups in total. The first kappa shape index (κ1) is 29.4. The first-order valence-electron chi connectivity index (χ1n) is 13.1. The molecule has 0 aliphatic rings. The summed E-state index contributed by atoms with van der Waals surface area (Å²) >= 11 is 0. The Morgan fingerprint density at radius 3 is 1.03 bits per heavy atom. The third kappa shape index (κ3) is 18.8. The number of rotatable bonds is 23. The van der Waals surface area contributed by atoms with Crippen LogP contribution >= 0.6 is 7.49 Å². The van der Waals surface area contributed by atoms with Crippen molar-refractivity contribution >= 4 is 14.8 Å². The molecule has 176 valence electrons. The van der Waals surface area contributed by atoms with Crippen LogP contribution in [0, 0.1) is 0 Å². The summed E-state index contributed by atoms with van der Waals surface area (Å²) in [6.07, 6.45) is 26.6. The molecule has 0 aliphatic carbocycles. The van der Waals surface area contributed by atoms with Crippen LogP contribution in [0.15, 0.2) is 0 Å². The van der Waals surface area contributed by atoms with E-state index in [2.05, 4.69) is 20.8 Å². The predicted octanol–water partition coefficient (Wildman–Crippen LogP) is 7.72. The van der Waals surface area contributed by atoms with Gasteiger partial charge >= 0.3 is 184 Å². The van der Waals surface area contributed by atoms with Crippen LogP contribution in [-0.4, -0.2) is 35.9 Å². The Hall–Kier alpha value is 0.375. The van der Waals surface area contributed by atoms with Gasteiger partial charge in [0.1, 0.15) is 0 Å². The monoisotopic (exact) mass is 432 g/mol. The molecule has 0 aromatic heterocycles. The second-order valence-electron chi connectivity index (χ2n) is 9.18. The summed E-state index contributed by atoms with van der Waals surface area (Å²) < 4.78 is 5.97. The molecule has 0 aromatic rings. The van der Waals surface area contributed by atoms with Crippen LogP contribution in [0.5, 0.6) is 0 Å². The van der Waals surface area contributed by atoms with Gasteiger partial charge in [0.05, 0.1) is 0 Å². The van der Waals surface area contributed by atoms with E-state index < -0.39 is 14.8 Å². The van der Waals surface area contributed by atoms with E-state index in [0.29, 0.717) is 0 Å². The molecule has 5 heteroatoms. The van der Waals surface area contributed by atoms with Crippen LogP contribution in [0.4, 0.5) is 0 Å². The number of hydrogen-bond acceptors (Lipinski definition) is 3. The SMILES string of the molecule is CCCCCCCC[PH](CCCCCCCC)(CCCCCCCC)OB(O)O. The molecule has 0 rings (SSSR count). The molecule has 0 radical (unpaired) electrons. The molecule has 0 saturated heterocycles. The van der Waals surface area contributed by atoms with E-state index in [1.165, 1.54) is 116 Å². The second-order valence-corrected chi connectivity index (χ2v) is 13.3. The molecular weight excluding hydrogens is 378 g/mol. The minimum atomic E-state index is -2.06. The first-order valence-corrected chi connectivity index (χ1v) is 15.7. The molecule has 0 fully saturated rings. The van der Waals surface area contributed by atoms with Crippen molar-refractivity contribution in [3.8, 4) is 0 Å². The average Bonchev–Trinajstić information content (AvgIpc) is 2.69. The Kier molecular flexibility index (Phi) is 21.9. The van der Waals surface area contributed by atoms with Crippen molar-refractivity contribution in [1.82, 2.24) is 0 Å². The zero-order valence-corrected chi connectivity index (χ0v) is 21.2. The third-order valence-corrected chi connectivity index (χ3v) is 10.8. The third-order valence-electron chi connectivity index (χ3n) is 6.31. The van der Waals surface area contributed by atoms with E-state index in [1.807, 2.05) is 0 Å². The van der Waals surface area contributed by atoms with E-state index in [1.54, 1.807) is 0 Å². The van der Waals surface area contributed by atoms with Crippen molar-refractivity contribution in [3.63, 3.8) is 0 Å². The van der Waals surface area contributed by atoms with Crippen molar-refractivity contribution in [2.45, 2.75) is 136 Å². The first-order chi connectivity index (χ1) is 14.1. The molecule has 0 amide bonds. The summed E-state index contributed by atoms with van der Waals surface area (Å²) in [5, 5.41) is 19.3. The van der Waals surface area contributed by atoms with Crippen molar-refractivity contribution in [1.29, 1.82) is 0 Å². The van der Waals surface area contributed by atoms with Gasteiger partial charge in [-0.2, -0.15) is 0 Å². The number of hydrogen-bond donors (Lipinski definition) is 2. The molecule has 0 bridgehead atoms. The Morgan fingerprint density at radius 2 is 0.759 bits per heavy atom. The van der Waals surface area contributed by atoms with Gasteiger partial charge < -0.3 is 0 Å². The van der Waals surface area contributed by atoms with Crippen LogP contribution in [-0.2, 0) is 4.44 Å². The molecule has 3 nitrogen and oxygen atoms in total. The van der Waals surface area contributed by atoms with Crippen LogP contribution in [0.2, 0.25) is 0 Å². The summed E-state index contributed by atoms with van der Waals surface area (Å²) in [7, 11) is -3.65. The van der Waals surface area contributed by atoms with Gasteiger partial charge in [-0.3, -0.25) is 0 Å². The molecule has 0 spiro atoms. The van der Waals surface area contributed by atoms with Gasteiger partial charge in [-0.1, -0.05) is 0 Å². The van der Waals surface area contributed by atoms with Crippen molar-refractivity contribution in [2.24, 2.45) is 0 Å². The van der Waals surface area contributed by atoms with E-state index in [9.17, 15) is 10.0 Å². The zero-order chi connectivity index (χ0) is 21.6. The van der Waals surface area contributed by atoms with Crippen LogP contribution in [0.1, 0.15) is 136 Å². The van der Waals surface area contributed by atoms with Crippen molar-refractivity contribution in [2.75, 3.05) is 18.5 Å². The van der Waals surface area contributed by atoms with E-state index in [0.717, 1.165) is 18.5 Å². The molecule has 29 heavy (non-hydrogen) atoms. The summed E-state index contributed by atoms with van der Waals surface area (Å²) in [6.45, 7) is 6.78. The van der Waals surface area contributed by atoms with Crippen molar-refractivity contribution < 1.29 is 14.5 Å². The summed E-state index contributed by atoms with van der Waals surface area (Å²) in [6, 6.07) is 0. The minimum absolute atomic E-state index is 1.11. The van der Waals surface area contributed by atoms with E-state index >= 15 is 0 Å². The van der Waals surface area contributed by atoms with Gasteiger partial charge in [0.2, 0.25) is 0 Å². The maximum atomic E-state index is 9.67. The fourth-order valence-electron chi connectivity index (χ4n) is 4.46. The molecule has 0 aromatic carbocycles. The van der Waals surface area contributed by atoms with Crippen LogP contribution in [0.25, 0.3) is 0 Å². The van der Waals surface area contributed by atoms with E-state index in [-0.39, 0.29) is 0 Å². The quantitative estimate of drug-likeness (QED) is 0.0987. The number of unbranched alkanes of at least 4 members (excludes halogenated alkanes) is 15. The molecule has 0 saturated carbocycles. The molecule has 0 atom stereocenters. The van der Waals surface area contributed by atoms with Crippen LogP contribution in [0.3, 0.4) is 0 Å². The summed E-state index contributed by atoms with van der Waals surface area (Å²) in [5.74, 6) is 0. The molecule has 0 aliphatic heterocycles. The molecule has 0 unspecified atom stereocenters. The Morgan fingerprint density at radius 1 is 0.483 bits per heavy atom. The Bertz CT molecular complexity index is 288. The zero-order valence-electron chi connectivity index (χ0n) is 20.2. The van der Waals surface area contributed by atoms with Gasteiger partial charge in [0.15, 0.2) is 0 Å². The van der Waals surface area contributed by atoms with Gasteiger partial charge in [0.25, 0.3) is 0 Å². The normalized spacial score (nSPS) is 12.4. The fourth-order valence-corrected chi connectivity index (χ4v) is 8.69. The molecule has 0 heterocycles. The molecular formula is C24H54BO3P. The summed E-state index contributed by atoms with van der Waals surface area (Å²) in [4.78, 5) is 0. The predicted molar refractivity (Wildman–Crippen MR) is 134 cm³/mol. The maximum absolute atomic E-state index is 9.67. The average molecular weight is 432 g/mol. The van der Waals surface area contributed by atoms with Crippen molar-refractivity contribution in [3.05, 3.63) is 0 Å². The fraction of sp³-hybridized carbons (Fsp3) is 1.00. The van der Waals surface area contributed by atoms with Gasteiger partial charge in [0, 0.05) is 0 Å². The standard InChI is InChI=1S/C24H54BO3P/c1-4-7-10-13-16-19-22-29(28-25(26)27,23-20-17-14-11-8-5-2)24-21-18-15-12-9-6-3/h26-27,29H,4-24H2,1-3H3.